The predicted octanol–water partition coefficient (Wildman–Crippen LogP) is 4.46. The second-order valence-electron chi connectivity index (χ2n) is 6.36. The molecule has 4 rings (SSSR count). The van der Waals surface area contributed by atoms with Gasteiger partial charge in [-0.15, -0.1) is 0 Å². The van der Waals surface area contributed by atoms with E-state index in [1.54, 1.807) is 36.6 Å². The van der Waals surface area contributed by atoms with Crippen molar-refractivity contribution in [2.45, 2.75) is 10.9 Å². The van der Waals surface area contributed by atoms with Crippen molar-refractivity contribution < 1.29 is 9.53 Å². The summed E-state index contributed by atoms with van der Waals surface area (Å²) < 4.78 is 5.26. The molecule has 0 aliphatic carbocycles. The molecular formula is C22H18BrN3O2. The lowest BCUT2D eigenvalue weighted by Crippen LogP contribution is -2.31. The van der Waals surface area contributed by atoms with Crippen LogP contribution >= 0.6 is 15.9 Å². The molecule has 2 aromatic carbocycles. The highest BCUT2D eigenvalue weighted by Crippen LogP contribution is 2.38. The molecule has 0 bridgehead atoms. The van der Waals surface area contributed by atoms with Gasteiger partial charge in [-0.1, -0.05) is 58.4 Å². The first-order valence-corrected chi connectivity index (χ1v) is 9.76. The van der Waals surface area contributed by atoms with E-state index < -0.39 is 0 Å². The van der Waals surface area contributed by atoms with Gasteiger partial charge in [0, 0.05) is 18.0 Å². The van der Waals surface area contributed by atoms with Gasteiger partial charge in [-0.2, -0.15) is 5.10 Å². The topological polar surface area (TPSA) is 54.8 Å². The van der Waals surface area contributed by atoms with Gasteiger partial charge >= 0.3 is 0 Å². The first-order chi connectivity index (χ1) is 13.7. The number of hydrogen-bond donors (Lipinski definition) is 0. The minimum Gasteiger partial charge on any atom is -0.497 e. The number of amides is 1. The summed E-state index contributed by atoms with van der Waals surface area (Å²) >= 11 is 3.79. The molecule has 2 atom stereocenters. The monoisotopic (exact) mass is 435 g/mol. The van der Waals surface area contributed by atoms with Crippen LogP contribution in [0.25, 0.3) is 0 Å². The molecule has 1 aliphatic rings. The molecule has 28 heavy (non-hydrogen) atoms. The third-order valence-corrected chi connectivity index (χ3v) is 5.61. The SMILES string of the molecule is COc1ccc(C2C(Br)C(c3ccccc3)=NN2C(=O)c2ccncc2)cc1. The number of carbonyl (C=O) groups is 1. The number of aromatic nitrogens is 1. The van der Waals surface area contributed by atoms with E-state index >= 15 is 0 Å². The molecule has 0 spiro atoms. The summed E-state index contributed by atoms with van der Waals surface area (Å²) in [7, 11) is 1.63. The number of benzene rings is 2. The van der Waals surface area contributed by atoms with Crippen LogP contribution in [-0.2, 0) is 0 Å². The van der Waals surface area contributed by atoms with Gasteiger partial charge in [0.25, 0.3) is 5.91 Å². The summed E-state index contributed by atoms with van der Waals surface area (Å²) in [5.74, 6) is 0.600. The fourth-order valence-corrected chi connectivity index (χ4v) is 4.13. The summed E-state index contributed by atoms with van der Waals surface area (Å²) in [5, 5.41) is 6.27. The van der Waals surface area contributed by atoms with Crippen LogP contribution in [0.15, 0.2) is 84.2 Å². The van der Waals surface area contributed by atoms with Gasteiger partial charge in [0.2, 0.25) is 0 Å². The molecule has 1 amide bonds. The number of methoxy groups -OCH3 is 1. The number of hydrazone groups is 1. The van der Waals surface area contributed by atoms with Crippen LogP contribution in [0.1, 0.15) is 27.5 Å². The highest BCUT2D eigenvalue weighted by molar-refractivity contribution is 9.10. The van der Waals surface area contributed by atoms with Crippen molar-refractivity contribution in [2.75, 3.05) is 7.11 Å². The molecule has 2 heterocycles. The van der Waals surface area contributed by atoms with E-state index in [-0.39, 0.29) is 16.8 Å². The first kappa shape index (κ1) is 18.4. The van der Waals surface area contributed by atoms with Gasteiger partial charge in [-0.05, 0) is 35.4 Å². The van der Waals surface area contributed by atoms with Crippen LogP contribution < -0.4 is 4.74 Å². The molecular weight excluding hydrogens is 418 g/mol. The van der Waals surface area contributed by atoms with Crippen LogP contribution in [0.3, 0.4) is 0 Å². The van der Waals surface area contributed by atoms with Crippen molar-refractivity contribution in [1.29, 1.82) is 0 Å². The quantitative estimate of drug-likeness (QED) is 0.568. The van der Waals surface area contributed by atoms with E-state index in [2.05, 4.69) is 20.9 Å². The molecule has 0 N–H and O–H groups in total. The van der Waals surface area contributed by atoms with E-state index in [0.717, 1.165) is 22.6 Å². The Bertz CT molecular complexity index is 991. The second kappa shape index (κ2) is 7.94. The average molecular weight is 436 g/mol. The fraction of sp³-hybridized carbons (Fsp3) is 0.136. The standard InChI is InChI=1S/C22H18BrN3O2/c1-28-18-9-7-16(8-10-18)21-19(23)20(15-5-3-2-4-6-15)25-26(21)22(27)17-11-13-24-14-12-17/h2-14,19,21H,1H3. The van der Waals surface area contributed by atoms with Crippen LogP contribution in [0.5, 0.6) is 5.75 Å². The Labute approximate surface area is 171 Å². The Kier molecular flexibility index (Phi) is 5.21. The normalized spacial score (nSPS) is 18.6. The number of nitrogens with zero attached hydrogens (tertiary/aromatic N) is 3. The Morgan fingerprint density at radius 2 is 1.68 bits per heavy atom. The lowest BCUT2D eigenvalue weighted by Gasteiger charge is -2.24. The van der Waals surface area contributed by atoms with Crippen molar-refractivity contribution >= 4 is 27.5 Å². The van der Waals surface area contributed by atoms with Crippen molar-refractivity contribution in [3.63, 3.8) is 0 Å². The van der Waals surface area contributed by atoms with Gasteiger partial charge < -0.3 is 4.74 Å². The summed E-state index contributed by atoms with van der Waals surface area (Å²) in [6.45, 7) is 0. The zero-order valence-corrected chi connectivity index (χ0v) is 16.8. The molecule has 5 nitrogen and oxygen atoms in total. The summed E-state index contributed by atoms with van der Waals surface area (Å²) in [6, 6.07) is 20.7. The third-order valence-electron chi connectivity index (χ3n) is 4.68. The van der Waals surface area contributed by atoms with Crippen LogP contribution in [0.4, 0.5) is 0 Å². The van der Waals surface area contributed by atoms with Crippen molar-refractivity contribution in [3.8, 4) is 5.75 Å². The van der Waals surface area contributed by atoms with Gasteiger partial charge in [0.1, 0.15) is 5.75 Å². The maximum atomic E-state index is 13.2. The molecule has 140 valence electrons. The molecule has 1 aliphatic heterocycles. The number of hydrogen-bond acceptors (Lipinski definition) is 4. The molecule has 0 radical (unpaired) electrons. The number of carbonyl (C=O) groups excluding carboxylic acids is 1. The van der Waals surface area contributed by atoms with Crippen molar-refractivity contribution in [3.05, 3.63) is 95.8 Å². The van der Waals surface area contributed by atoms with Gasteiger partial charge in [0.05, 0.1) is 23.7 Å². The lowest BCUT2D eigenvalue weighted by molar-refractivity contribution is 0.0714. The highest BCUT2D eigenvalue weighted by atomic mass is 79.9. The molecule has 0 fully saturated rings. The molecule has 0 saturated heterocycles. The minimum atomic E-state index is -0.276. The zero-order chi connectivity index (χ0) is 19.5. The number of pyridine rings is 1. The van der Waals surface area contributed by atoms with E-state index in [1.165, 1.54) is 0 Å². The van der Waals surface area contributed by atoms with Gasteiger partial charge in [0.15, 0.2) is 0 Å². The predicted molar refractivity (Wildman–Crippen MR) is 112 cm³/mol. The molecule has 0 saturated carbocycles. The van der Waals surface area contributed by atoms with E-state index in [0.29, 0.717) is 5.56 Å². The van der Waals surface area contributed by atoms with Gasteiger partial charge in [-0.25, -0.2) is 5.01 Å². The minimum absolute atomic E-state index is 0.144. The second-order valence-corrected chi connectivity index (χ2v) is 7.34. The fourth-order valence-electron chi connectivity index (χ4n) is 3.24. The van der Waals surface area contributed by atoms with E-state index in [1.807, 2.05) is 54.6 Å². The van der Waals surface area contributed by atoms with Crippen LogP contribution in [0, 0.1) is 0 Å². The van der Waals surface area contributed by atoms with Gasteiger partial charge in [-0.3, -0.25) is 9.78 Å². The zero-order valence-electron chi connectivity index (χ0n) is 15.2. The molecule has 6 heteroatoms. The smallest absolute Gasteiger partial charge is 0.274 e. The van der Waals surface area contributed by atoms with E-state index in [4.69, 9.17) is 9.84 Å². The number of rotatable bonds is 4. The maximum Gasteiger partial charge on any atom is 0.274 e. The summed E-state index contributed by atoms with van der Waals surface area (Å²) in [6.07, 6.45) is 3.22. The molecule has 2 unspecified atom stereocenters. The summed E-state index contributed by atoms with van der Waals surface area (Å²) in [4.78, 5) is 17.1. The van der Waals surface area contributed by atoms with Crippen LogP contribution in [-0.4, -0.2) is 33.5 Å². The number of ether oxygens (including phenoxy) is 1. The Morgan fingerprint density at radius 3 is 2.32 bits per heavy atom. The largest absolute Gasteiger partial charge is 0.497 e. The van der Waals surface area contributed by atoms with Crippen molar-refractivity contribution in [2.24, 2.45) is 5.10 Å². The number of halogens is 1. The summed E-state index contributed by atoms with van der Waals surface area (Å²) in [5.41, 5.74) is 3.32. The number of alkyl halides is 1. The highest BCUT2D eigenvalue weighted by Gasteiger charge is 2.40. The Hall–Kier alpha value is -2.99. The van der Waals surface area contributed by atoms with Crippen molar-refractivity contribution in [1.82, 2.24) is 9.99 Å². The average Bonchev–Trinajstić information content (AvgIpc) is 3.11. The molecule has 1 aromatic heterocycles. The third kappa shape index (κ3) is 3.43. The van der Waals surface area contributed by atoms with Crippen LogP contribution in [0.2, 0.25) is 0 Å². The first-order valence-electron chi connectivity index (χ1n) is 8.84. The van der Waals surface area contributed by atoms with E-state index in [9.17, 15) is 4.79 Å². The molecule has 3 aromatic rings. The lowest BCUT2D eigenvalue weighted by atomic mass is 9.98. The Morgan fingerprint density at radius 1 is 1.00 bits per heavy atom. The maximum absolute atomic E-state index is 13.2. The Balaban J connectivity index is 1.77.